The first kappa shape index (κ1) is 18.2. The van der Waals surface area contributed by atoms with Gasteiger partial charge in [-0.15, -0.1) is 11.3 Å². The van der Waals surface area contributed by atoms with Crippen molar-refractivity contribution in [2.45, 2.75) is 19.4 Å². The fraction of sp³-hybridized carbons (Fsp3) is 0.190. The van der Waals surface area contributed by atoms with Crippen molar-refractivity contribution in [3.8, 4) is 5.75 Å². The van der Waals surface area contributed by atoms with E-state index in [0.29, 0.717) is 30.0 Å². The number of thiazole rings is 1. The lowest BCUT2D eigenvalue weighted by Gasteiger charge is -2.16. The Labute approximate surface area is 166 Å². The molecular weight excluding hydrogens is 374 g/mol. The van der Waals surface area contributed by atoms with Gasteiger partial charge in [-0.2, -0.15) is 0 Å². The molecule has 4 rings (SSSR count). The molecule has 1 aliphatic heterocycles. The van der Waals surface area contributed by atoms with Gasteiger partial charge in [0.05, 0.1) is 11.2 Å². The Morgan fingerprint density at radius 1 is 1.14 bits per heavy atom. The number of rotatable bonds is 6. The first-order valence-corrected chi connectivity index (χ1v) is 9.95. The van der Waals surface area contributed by atoms with Crippen molar-refractivity contribution in [2.75, 3.05) is 16.8 Å². The van der Waals surface area contributed by atoms with E-state index < -0.39 is 0 Å². The molecule has 1 N–H and O–H groups in total. The van der Waals surface area contributed by atoms with E-state index >= 15 is 0 Å². The van der Waals surface area contributed by atoms with Gasteiger partial charge in [0.1, 0.15) is 12.4 Å². The van der Waals surface area contributed by atoms with Crippen molar-refractivity contribution < 1.29 is 14.3 Å². The molecule has 1 aromatic heterocycles. The predicted molar refractivity (Wildman–Crippen MR) is 109 cm³/mol. The highest BCUT2D eigenvalue weighted by Gasteiger charge is 2.21. The Kier molecular flexibility index (Phi) is 5.34. The van der Waals surface area contributed by atoms with E-state index in [1.807, 2.05) is 29.6 Å². The zero-order valence-electron chi connectivity index (χ0n) is 15.1. The second-order valence-electron chi connectivity index (χ2n) is 6.44. The lowest BCUT2D eigenvalue weighted by atomic mass is 10.2. The van der Waals surface area contributed by atoms with Crippen LogP contribution in [0.2, 0.25) is 0 Å². The molecule has 2 aromatic carbocycles. The topological polar surface area (TPSA) is 71.5 Å². The number of aromatic nitrogens is 1. The van der Waals surface area contributed by atoms with Crippen LogP contribution in [0.4, 0.5) is 11.4 Å². The highest BCUT2D eigenvalue weighted by atomic mass is 32.1. The van der Waals surface area contributed by atoms with Crippen molar-refractivity contribution in [1.82, 2.24) is 4.98 Å². The minimum Gasteiger partial charge on any atom is -0.487 e. The summed E-state index contributed by atoms with van der Waals surface area (Å²) in [6.07, 6.45) is 1.49. The summed E-state index contributed by atoms with van der Waals surface area (Å²) in [7, 11) is 0. The van der Waals surface area contributed by atoms with Crippen LogP contribution in [0, 0.1) is 0 Å². The van der Waals surface area contributed by atoms with Crippen molar-refractivity contribution in [1.29, 1.82) is 0 Å². The quantitative estimate of drug-likeness (QED) is 0.684. The van der Waals surface area contributed by atoms with E-state index in [-0.39, 0.29) is 11.8 Å². The number of ether oxygens (including phenoxy) is 1. The summed E-state index contributed by atoms with van der Waals surface area (Å²) in [6.45, 7) is 1.16. The number of carbonyl (C=O) groups excluding carboxylic acids is 2. The van der Waals surface area contributed by atoms with Crippen molar-refractivity contribution >= 4 is 34.5 Å². The number of amides is 2. The Bertz CT molecular complexity index is 954. The van der Waals surface area contributed by atoms with Gasteiger partial charge in [0, 0.05) is 35.3 Å². The zero-order chi connectivity index (χ0) is 19.3. The molecule has 0 unspecified atom stereocenters. The van der Waals surface area contributed by atoms with Crippen molar-refractivity contribution in [3.05, 3.63) is 70.7 Å². The third-order valence-corrected chi connectivity index (χ3v) is 5.13. The van der Waals surface area contributed by atoms with Crippen LogP contribution in [0.15, 0.2) is 59.4 Å². The minimum atomic E-state index is -0.198. The molecule has 1 fully saturated rings. The summed E-state index contributed by atoms with van der Waals surface area (Å²) < 4.78 is 5.65. The maximum atomic E-state index is 12.4. The first-order chi connectivity index (χ1) is 13.7. The molecule has 1 aliphatic rings. The summed E-state index contributed by atoms with van der Waals surface area (Å²) >= 11 is 1.53. The number of benzene rings is 2. The minimum absolute atomic E-state index is 0.147. The number of hydrogen-bond acceptors (Lipinski definition) is 5. The van der Waals surface area contributed by atoms with Crippen LogP contribution in [0.25, 0.3) is 0 Å². The summed E-state index contributed by atoms with van der Waals surface area (Å²) in [5.41, 5.74) is 4.74. The van der Waals surface area contributed by atoms with Gasteiger partial charge in [0.2, 0.25) is 5.91 Å². The maximum absolute atomic E-state index is 12.4. The average Bonchev–Trinajstić information content (AvgIpc) is 3.39. The summed E-state index contributed by atoms with van der Waals surface area (Å²) in [4.78, 5) is 30.2. The van der Waals surface area contributed by atoms with Crippen LogP contribution in [0.3, 0.4) is 0 Å². The molecular formula is C21H19N3O3S. The lowest BCUT2D eigenvalue weighted by molar-refractivity contribution is -0.117. The SMILES string of the molecule is O=C(Nc1ccc(N2CCCC2=O)cc1)c1ccc(OCc2cscn2)cc1. The van der Waals surface area contributed by atoms with Gasteiger partial charge < -0.3 is 15.0 Å². The highest BCUT2D eigenvalue weighted by molar-refractivity contribution is 7.07. The molecule has 142 valence electrons. The second-order valence-corrected chi connectivity index (χ2v) is 7.16. The molecule has 0 aliphatic carbocycles. The molecule has 0 atom stereocenters. The smallest absolute Gasteiger partial charge is 0.255 e. The van der Waals surface area contributed by atoms with E-state index in [1.54, 1.807) is 34.7 Å². The molecule has 0 bridgehead atoms. The maximum Gasteiger partial charge on any atom is 0.255 e. The van der Waals surface area contributed by atoms with Crippen LogP contribution in [0.1, 0.15) is 28.9 Å². The Hall–Kier alpha value is -3.19. The standard InChI is InChI=1S/C21H19N3O3S/c25-20-2-1-11-24(20)18-7-5-16(6-8-18)23-21(26)15-3-9-19(10-4-15)27-12-17-13-28-14-22-17/h3-10,13-14H,1-2,11-12H2,(H,23,26). The van der Waals surface area contributed by atoms with Crippen LogP contribution in [0.5, 0.6) is 5.75 Å². The van der Waals surface area contributed by atoms with Crippen LogP contribution < -0.4 is 15.0 Å². The normalized spacial score (nSPS) is 13.6. The molecule has 3 aromatic rings. The summed E-state index contributed by atoms with van der Waals surface area (Å²) in [5.74, 6) is 0.633. The van der Waals surface area contributed by atoms with E-state index in [2.05, 4.69) is 10.3 Å². The van der Waals surface area contributed by atoms with Crippen LogP contribution >= 0.6 is 11.3 Å². The summed E-state index contributed by atoms with van der Waals surface area (Å²) in [6, 6.07) is 14.3. The van der Waals surface area contributed by atoms with Crippen molar-refractivity contribution in [2.24, 2.45) is 0 Å². The predicted octanol–water partition coefficient (Wildman–Crippen LogP) is 4.10. The largest absolute Gasteiger partial charge is 0.487 e. The number of nitrogens with zero attached hydrogens (tertiary/aromatic N) is 2. The molecule has 1 saturated heterocycles. The summed E-state index contributed by atoms with van der Waals surface area (Å²) in [5, 5.41) is 4.81. The first-order valence-electron chi connectivity index (χ1n) is 9.01. The highest BCUT2D eigenvalue weighted by Crippen LogP contribution is 2.23. The van der Waals surface area contributed by atoms with Gasteiger partial charge in [-0.1, -0.05) is 0 Å². The van der Waals surface area contributed by atoms with Gasteiger partial charge in [-0.05, 0) is 55.0 Å². The molecule has 0 saturated carbocycles. The molecule has 2 heterocycles. The van der Waals surface area contributed by atoms with E-state index in [0.717, 1.165) is 24.3 Å². The Morgan fingerprint density at radius 2 is 1.93 bits per heavy atom. The zero-order valence-corrected chi connectivity index (χ0v) is 15.9. The van der Waals surface area contributed by atoms with Crippen LogP contribution in [-0.2, 0) is 11.4 Å². The van der Waals surface area contributed by atoms with E-state index in [1.165, 1.54) is 11.3 Å². The van der Waals surface area contributed by atoms with E-state index in [9.17, 15) is 9.59 Å². The van der Waals surface area contributed by atoms with Gasteiger partial charge in [0.25, 0.3) is 5.91 Å². The van der Waals surface area contributed by atoms with Gasteiger partial charge in [-0.3, -0.25) is 9.59 Å². The fourth-order valence-corrected chi connectivity index (χ4v) is 3.56. The van der Waals surface area contributed by atoms with Gasteiger partial charge in [-0.25, -0.2) is 4.98 Å². The fourth-order valence-electron chi connectivity index (χ4n) is 3.02. The van der Waals surface area contributed by atoms with Crippen LogP contribution in [-0.4, -0.2) is 23.3 Å². The third-order valence-electron chi connectivity index (χ3n) is 4.50. The molecule has 0 spiro atoms. The number of carbonyl (C=O) groups is 2. The lowest BCUT2D eigenvalue weighted by Crippen LogP contribution is -2.23. The Morgan fingerprint density at radius 3 is 2.57 bits per heavy atom. The molecule has 7 heteroatoms. The molecule has 0 radical (unpaired) electrons. The third kappa shape index (κ3) is 4.20. The second kappa shape index (κ2) is 8.22. The van der Waals surface area contributed by atoms with Crippen molar-refractivity contribution in [3.63, 3.8) is 0 Å². The monoisotopic (exact) mass is 393 g/mol. The molecule has 6 nitrogen and oxygen atoms in total. The van der Waals surface area contributed by atoms with Gasteiger partial charge >= 0.3 is 0 Å². The number of anilines is 2. The molecule has 2 amide bonds. The van der Waals surface area contributed by atoms with Gasteiger partial charge in [0.15, 0.2) is 0 Å². The molecule has 28 heavy (non-hydrogen) atoms. The van der Waals surface area contributed by atoms with E-state index in [4.69, 9.17) is 4.74 Å². The number of hydrogen-bond donors (Lipinski definition) is 1. The average molecular weight is 393 g/mol. The Balaban J connectivity index is 1.34. The number of nitrogens with one attached hydrogen (secondary N) is 1.